The first-order valence-corrected chi connectivity index (χ1v) is 8.00. The van der Waals surface area contributed by atoms with E-state index in [0.717, 1.165) is 28.2 Å². The summed E-state index contributed by atoms with van der Waals surface area (Å²) in [5.74, 6) is 2.03. The van der Waals surface area contributed by atoms with Crippen LogP contribution >= 0.6 is 27.7 Å². The third-order valence-corrected chi connectivity index (χ3v) is 4.85. The molecule has 0 aliphatic carbocycles. The van der Waals surface area contributed by atoms with E-state index in [1.807, 2.05) is 18.7 Å². The third-order valence-electron chi connectivity index (χ3n) is 2.80. The van der Waals surface area contributed by atoms with Crippen LogP contribution in [-0.4, -0.2) is 9.78 Å². The zero-order valence-electron chi connectivity index (χ0n) is 10.7. The number of aryl methyl sites for hydroxylation is 2. The molecule has 0 unspecified atom stereocenters. The van der Waals surface area contributed by atoms with Crippen molar-refractivity contribution in [3.8, 4) is 0 Å². The van der Waals surface area contributed by atoms with Gasteiger partial charge in [-0.15, -0.1) is 0 Å². The van der Waals surface area contributed by atoms with Gasteiger partial charge in [-0.1, -0.05) is 30.3 Å². The molecule has 0 N–H and O–H groups in total. The summed E-state index contributed by atoms with van der Waals surface area (Å²) in [4.78, 5) is 0. The first kappa shape index (κ1) is 13.7. The van der Waals surface area contributed by atoms with Gasteiger partial charge in [0.15, 0.2) is 0 Å². The number of benzene rings is 1. The molecule has 2 aromatic rings. The summed E-state index contributed by atoms with van der Waals surface area (Å²) in [5, 5.41) is 4.51. The predicted molar refractivity (Wildman–Crippen MR) is 81.8 cm³/mol. The van der Waals surface area contributed by atoms with E-state index in [2.05, 4.69) is 63.0 Å². The lowest BCUT2D eigenvalue weighted by molar-refractivity contribution is 0.631. The minimum absolute atomic E-state index is 0.924. The van der Waals surface area contributed by atoms with Gasteiger partial charge in [0.1, 0.15) is 0 Å². The molecule has 4 heteroatoms. The molecule has 0 saturated heterocycles. The van der Waals surface area contributed by atoms with Crippen molar-refractivity contribution in [2.24, 2.45) is 0 Å². The predicted octanol–water partition coefficient (Wildman–Crippen LogP) is 4.41. The van der Waals surface area contributed by atoms with Crippen LogP contribution in [0.25, 0.3) is 0 Å². The summed E-state index contributed by atoms with van der Waals surface area (Å²) >= 11 is 5.56. The topological polar surface area (TPSA) is 17.8 Å². The smallest absolute Gasteiger partial charge is 0.0739 e. The highest BCUT2D eigenvalue weighted by atomic mass is 79.9. The fourth-order valence-electron chi connectivity index (χ4n) is 1.85. The lowest BCUT2D eigenvalue weighted by Crippen LogP contribution is -2.01. The number of halogens is 1. The number of rotatable bonds is 5. The Morgan fingerprint density at radius 2 is 1.94 bits per heavy atom. The molecule has 0 saturated carbocycles. The fourth-order valence-corrected chi connectivity index (χ4v) is 3.47. The molecule has 18 heavy (non-hydrogen) atoms. The number of nitrogens with zero attached hydrogens (tertiary/aromatic N) is 2. The van der Waals surface area contributed by atoms with Gasteiger partial charge in [-0.2, -0.15) is 16.9 Å². The van der Waals surface area contributed by atoms with Crippen molar-refractivity contribution in [3.05, 3.63) is 51.8 Å². The van der Waals surface area contributed by atoms with Crippen LogP contribution in [0, 0.1) is 6.92 Å². The highest BCUT2D eigenvalue weighted by Crippen LogP contribution is 2.26. The second-order valence-electron chi connectivity index (χ2n) is 4.14. The Labute approximate surface area is 121 Å². The van der Waals surface area contributed by atoms with Crippen molar-refractivity contribution in [2.45, 2.75) is 31.9 Å². The molecule has 0 aliphatic heterocycles. The molecule has 2 rings (SSSR count). The summed E-state index contributed by atoms with van der Waals surface area (Å²) in [6.45, 7) is 5.10. The van der Waals surface area contributed by atoms with Crippen LogP contribution in [0.4, 0.5) is 0 Å². The minimum atomic E-state index is 0.924. The summed E-state index contributed by atoms with van der Waals surface area (Å²) in [6, 6.07) is 10.6. The van der Waals surface area contributed by atoms with Crippen LogP contribution in [0.5, 0.6) is 0 Å². The van der Waals surface area contributed by atoms with E-state index in [1.165, 1.54) is 11.3 Å². The average Bonchev–Trinajstić information content (AvgIpc) is 2.67. The molecule has 96 valence electrons. The van der Waals surface area contributed by atoms with Gasteiger partial charge in [-0.25, -0.2) is 0 Å². The normalized spacial score (nSPS) is 10.8. The molecule has 1 heterocycles. The molecule has 0 fully saturated rings. The maximum absolute atomic E-state index is 4.51. The van der Waals surface area contributed by atoms with Crippen LogP contribution in [-0.2, 0) is 18.1 Å². The van der Waals surface area contributed by atoms with Crippen LogP contribution in [0.1, 0.15) is 23.9 Å². The van der Waals surface area contributed by atoms with Crippen LogP contribution in [0.2, 0.25) is 0 Å². The Bertz CT molecular complexity index is 508. The molecule has 1 aromatic heterocycles. The molecule has 0 bridgehead atoms. The van der Waals surface area contributed by atoms with Crippen LogP contribution < -0.4 is 0 Å². The van der Waals surface area contributed by atoms with Crippen molar-refractivity contribution >= 4 is 27.7 Å². The maximum Gasteiger partial charge on any atom is 0.0739 e. The van der Waals surface area contributed by atoms with E-state index in [4.69, 9.17) is 0 Å². The Morgan fingerprint density at radius 3 is 2.61 bits per heavy atom. The SMILES string of the molecule is CCn1nc(C)c(Br)c1CSCc1ccccc1. The minimum Gasteiger partial charge on any atom is -0.268 e. The molecule has 0 radical (unpaired) electrons. The van der Waals surface area contributed by atoms with E-state index in [9.17, 15) is 0 Å². The van der Waals surface area contributed by atoms with Gasteiger partial charge >= 0.3 is 0 Å². The third kappa shape index (κ3) is 3.18. The second kappa shape index (κ2) is 6.43. The molecule has 0 aliphatic rings. The van der Waals surface area contributed by atoms with E-state index in [1.54, 1.807) is 0 Å². The molecule has 1 aromatic carbocycles. The summed E-state index contributed by atoms with van der Waals surface area (Å²) in [5.41, 5.74) is 3.74. The van der Waals surface area contributed by atoms with Gasteiger partial charge in [0, 0.05) is 18.1 Å². The Hall–Kier alpha value is -0.740. The quantitative estimate of drug-likeness (QED) is 0.810. The zero-order valence-corrected chi connectivity index (χ0v) is 13.1. The van der Waals surface area contributed by atoms with Crippen molar-refractivity contribution < 1.29 is 0 Å². The van der Waals surface area contributed by atoms with Crippen molar-refractivity contribution in [3.63, 3.8) is 0 Å². The second-order valence-corrected chi connectivity index (χ2v) is 5.92. The van der Waals surface area contributed by atoms with Crippen molar-refractivity contribution in [1.82, 2.24) is 9.78 Å². The van der Waals surface area contributed by atoms with Crippen molar-refractivity contribution in [2.75, 3.05) is 0 Å². The highest BCUT2D eigenvalue weighted by molar-refractivity contribution is 9.10. The molecular formula is C14H17BrN2S. The summed E-state index contributed by atoms with van der Waals surface area (Å²) < 4.78 is 3.24. The monoisotopic (exact) mass is 324 g/mol. The van der Waals surface area contributed by atoms with Gasteiger partial charge in [0.05, 0.1) is 15.9 Å². The number of hydrogen-bond donors (Lipinski definition) is 0. The van der Waals surface area contributed by atoms with Crippen molar-refractivity contribution in [1.29, 1.82) is 0 Å². The van der Waals surface area contributed by atoms with Gasteiger partial charge in [-0.3, -0.25) is 4.68 Å². The Kier molecular flexibility index (Phi) is 4.89. The lowest BCUT2D eigenvalue weighted by atomic mass is 10.2. The van der Waals surface area contributed by atoms with Gasteiger partial charge in [-0.05, 0) is 35.3 Å². The Morgan fingerprint density at radius 1 is 1.22 bits per heavy atom. The highest BCUT2D eigenvalue weighted by Gasteiger charge is 2.11. The van der Waals surface area contributed by atoms with E-state index < -0.39 is 0 Å². The van der Waals surface area contributed by atoms with Crippen LogP contribution in [0.3, 0.4) is 0 Å². The van der Waals surface area contributed by atoms with Gasteiger partial charge in [0.2, 0.25) is 0 Å². The van der Waals surface area contributed by atoms with Gasteiger partial charge in [0.25, 0.3) is 0 Å². The molecular weight excluding hydrogens is 308 g/mol. The Balaban J connectivity index is 1.98. The van der Waals surface area contributed by atoms with E-state index >= 15 is 0 Å². The first-order chi connectivity index (χ1) is 8.72. The molecule has 0 atom stereocenters. The summed E-state index contributed by atoms with van der Waals surface area (Å²) in [7, 11) is 0. The van der Waals surface area contributed by atoms with Gasteiger partial charge < -0.3 is 0 Å². The van der Waals surface area contributed by atoms with Crippen LogP contribution in [0.15, 0.2) is 34.8 Å². The molecule has 0 spiro atoms. The molecule has 2 nitrogen and oxygen atoms in total. The number of aromatic nitrogens is 2. The zero-order chi connectivity index (χ0) is 13.0. The molecule has 0 amide bonds. The number of thioether (sulfide) groups is 1. The lowest BCUT2D eigenvalue weighted by Gasteiger charge is -2.05. The fraction of sp³-hybridized carbons (Fsp3) is 0.357. The van der Waals surface area contributed by atoms with E-state index in [0.29, 0.717) is 0 Å². The number of hydrogen-bond acceptors (Lipinski definition) is 2. The largest absolute Gasteiger partial charge is 0.268 e. The summed E-state index contributed by atoms with van der Waals surface area (Å²) in [6.07, 6.45) is 0. The standard InChI is InChI=1S/C14H17BrN2S/c1-3-17-13(14(15)11(2)16-17)10-18-9-12-7-5-4-6-8-12/h4-8H,3,9-10H2,1-2H3. The van der Waals surface area contributed by atoms with E-state index in [-0.39, 0.29) is 0 Å². The average molecular weight is 325 g/mol. The maximum atomic E-state index is 4.51. The first-order valence-electron chi connectivity index (χ1n) is 6.05.